The van der Waals surface area contributed by atoms with E-state index in [0.29, 0.717) is 0 Å². The van der Waals surface area contributed by atoms with Crippen molar-refractivity contribution in [3.8, 4) is 5.69 Å². The number of anilines is 1. The van der Waals surface area contributed by atoms with Crippen LogP contribution in [0, 0.1) is 13.8 Å². The van der Waals surface area contributed by atoms with Crippen LogP contribution >= 0.6 is 11.6 Å². The monoisotopic (exact) mass is 365 g/mol. The number of hydrogen-bond donors (Lipinski definition) is 1. The minimum Gasteiger partial charge on any atom is -0.370 e. The molecule has 1 aliphatic heterocycles. The van der Waals surface area contributed by atoms with Crippen LogP contribution in [0.1, 0.15) is 40.8 Å². The zero-order valence-electron chi connectivity index (χ0n) is 15.3. The Kier molecular flexibility index (Phi) is 4.73. The van der Waals surface area contributed by atoms with Gasteiger partial charge in [0.05, 0.1) is 11.4 Å². The van der Waals surface area contributed by atoms with Gasteiger partial charge < -0.3 is 5.32 Å². The molecule has 4 rings (SSSR count). The first-order valence-electron chi connectivity index (χ1n) is 9.30. The summed E-state index contributed by atoms with van der Waals surface area (Å²) in [6.45, 7) is 5.32. The molecular formula is C22H24ClN3. The normalized spacial score (nSPS) is 13.8. The van der Waals surface area contributed by atoms with Crippen molar-refractivity contribution in [1.29, 1.82) is 0 Å². The molecule has 0 radical (unpaired) electrons. The van der Waals surface area contributed by atoms with E-state index in [4.69, 9.17) is 16.7 Å². The van der Waals surface area contributed by atoms with Crippen molar-refractivity contribution in [3.05, 3.63) is 75.4 Å². The molecule has 0 saturated heterocycles. The fourth-order valence-corrected chi connectivity index (χ4v) is 3.88. The second-order valence-corrected chi connectivity index (χ2v) is 7.46. The number of aryl methyl sites for hydroxylation is 1. The van der Waals surface area contributed by atoms with Crippen LogP contribution in [-0.2, 0) is 12.8 Å². The molecule has 26 heavy (non-hydrogen) atoms. The molecular weight excluding hydrogens is 342 g/mol. The van der Waals surface area contributed by atoms with E-state index >= 15 is 0 Å². The summed E-state index contributed by atoms with van der Waals surface area (Å²) in [5, 5.41) is 9.47. The Bertz CT molecular complexity index is 943. The number of nitrogens with one attached hydrogen (secondary N) is 1. The van der Waals surface area contributed by atoms with E-state index in [1.165, 1.54) is 29.5 Å². The third kappa shape index (κ3) is 3.12. The lowest BCUT2D eigenvalue weighted by Gasteiger charge is -2.13. The van der Waals surface area contributed by atoms with Gasteiger partial charge in [-0.3, -0.25) is 0 Å². The number of fused-ring (bicyclic) bond motifs is 1. The van der Waals surface area contributed by atoms with Crippen LogP contribution in [0.4, 0.5) is 5.82 Å². The number of benzene rings is 2. The number of hydrogen-bond acceptors (Lipinski definition) is 2. The second kappa shape index (κ2) is 7.16. The Morgan fingerprint density at radius 1 is 1.08 bits per heavy atom. The van der Waals surface area contributed by atoms with Crippen LogP contribution in [0.15, 0.2) is 42.5 Å². The topological polar surface area (TPSA) is 29.9 Å². The van der Waals surface area contributed by atoms with E-state index in [-0.39, 0.29) is 0 Å². The number of aromatic nitrogens is 2. The van der Waals surface area contributed by atoms with Gasteiger partial charge in [0.1, 0.15) is 5.82 Å². The highest BCUT2D eigenvalue weighted by Crippen LogP contribution is 2.31. The highest BCUT2D eigenvalue weighted by molar-refractivity contribution is 6.31. The fraction of sp³-hybridized carbons (Fsp3) is 0.318. The van der Waals surface area contributed by atoms with Crippen LogP contribution < -0.4 is 5.32 Å². The summed E-state index contributed by atoms with van der Waals surface area (Å²) in [6, 6.07) is 14.5. The highest BCUT2D eigenvalue weighted by Gasteiger charge is 2.22. The van der Waals surface area contributed by atoms with Gasteiger partial charge in [0.2, 0.25) is 0 Å². The number of nitrogens with zero attached hydrogens (tertiary/aromatic N) is 2. The van der Waals surface area contributed by atoms with Crippen LogP contribution in [-0.4, -0.2) is 16.3 Å². The summed E-state index contributed by atoms with van der Waals surface area (Å²) >= 11 is 6.41. The van der Waals surface area contributed by atoms with Crippen LogP contribution in [0.5, 0.6) is 0 Å². The van der Waals surface area contributed by atoms with Gasteiger partial charge in [-0.05, 0) is 61.9 Å². The van der Waals surface area contributed by atoms with Crippen molar-refractivity contribution < 1.29 is 0 Å². The van der Waals surface area contributed by atoms with E-state index in [9.17, 15) is 0 Å². The molecule has 0 spiro atoms. The van der Waals surface area contributed by atoms with Crippen molar-refractivity contribution in [2.24, 2.45) is 0 Å². The van der Waals surface area contributed by atoms with Gasteiger partial charge in [0.25, 0.3) is 0 Å². The minimum absolute atomic E-state index is 0.765. The molecule has 0 amide bonds. The van der Waals surface area contributed by atoms with E-state index in [1.54, 1.807) is 0 Å². The molecule has 0 bridgehead atoms. The molecule has 2 heterocycles. The maximum atomic E-state index is 6.41. The highest BCUT2D eigenvalue weighted by atomic mass is 35.5. The Morgan fingerprint density at radius 3 is 2.77 bits per heavy atom. The molecule has 2 aromatic carbocycles. The summed E-state index contributed by atoms with van der Waals surface area (Å²) in [4.78, 5) is 0. The summed E-state index contributed by atoms with van der Waals surface area (Å²) in [6.07, 6.45) is 4.20. The molecule has 1 aliphatic rings. The fourth-order valence-electron chi connectivity index (χ4n) is 3.68. The van der Waals surface area contributed by atoms with E-state index in [0.717, 1.165) is 47.2 Å². The van der Waals surface area contributed by atoms with Gasteiger partial charge >= 0.3 is 0 Å². The van der Waals surface area contributed by atoms with Gasteiger partial charge in [0, 0.05) is 23.6 Å². The lowest BCUT2D eigenvalue weighted by Crippen LogP contribution is -2.08. The number of rotatable bonds is 3. The zero-order chi connectivity index (χ0) is 18.1. The predicted octanol–water partition coefficient (Wildman–Crippen LogP) is 5.48. The summed E-state index contributed by atoms with van der Waals surface area (Å²) in [5.41, 5.74) is 7.31. The Morgan fingerprint density at radius 2 is 1.92 bits per heavy atom. The molecule has 0 aliphatic carbocycles. The first kappa shape index (κ1) is 17.2. The third-order valence-electron chi connectivity index (χ3n) is 5.33. The minimum atomic E-state index is 0.765. The standard InChI is InChI=1S/C22H24ClN3/c1-15-8-7-12-21(16(15)2)26-22-18(10-5-6-13-24-22)20(25-26)14-17-9-3-4-11-19(17)23/h3-4,7-9,11-12,24H,5-6,10,13-14H2,1-2H3. The lowest BCUT2D eigenvalue weighted by molar-refractivity contribution is 0.766. The van der Waals surface area contributed by atoms with E-state index in [2.05, 4.69) is 48.1 Å². The lowest BCUT2D eigenvalue weighted by atomic mass is 10.0. The first-order chi connectivity index (χ1) is 12.6. The smallest absolute Gasteiger partial charge is 0.133 e. The van der Waals surface area contributed by atoms with Gasteiger partial charge in [-0.25, -0.2) is 4.68 Å². The van der Waals surface area contributed by atoms with Crippen molar-refractivity contribution in [3.63, 3.8) is 0 Å². The quantitative estimate of drug-likeness (QED) is 0.665. The summed E-state index contributed by atoms with van der Waals surface area (Å²) in [5.74, 6) is 1.15. The van der Waals surface area contributed by atoms with Gasteiger partial charge in [0.15, 0.2) is 0 Å². The predicted molar refractivity (Wildman–Crippen MR) is 109 cm³/mol. The average molecular weight is 366 g/mol. The largest absolute Gasteiger partial charge is 0.370 e. The van der Waals surface area contributed by atoms with Crippen molar-refractivity contribution in [2.45, 2.75) is 39.5 Å². The molecule has 134 valence electrons. The summed E-state index contributed by atoms with van der Waals surface area (Å²) < 4.78 is 2.11. The van der Waals surface area contributed by atoms with Crippen molar-refractivity contribution >= 4 is 17.4 Å². The molecule has 0 saturated carbocycles. The van der Waals surface area contributed by atoms with Crippen LogP contribution in [0.2, 0.25) is 5.02 Å². The Labute approximate surface area is 160 Å². The van der Waals surface area contributed by atoms with Gasteiger partial charge in [-0.15, -0.1) is 0 Å². The maximum absolute atomic E-state index is 6.41. The first-order valence-corrected chi connectivity index (χ1v) is 9.67. The second-order valence-electron chi connectivity index (χ2n) is 7.06. The van der Waals surface area contributed by atoms with Gasteiger partial charge in [-0.2, -0.15) is 5.10 Å². The van der Waals surface area contributed by atoms with Crippen molar-refractivity contribution in [1.82, 2.24) is 9.78 Å². The molecule has 3 aromatic rings. The zero-order valence-corrected chi connectivity index (χ0v) is 16.1. The third-order valence-corrected chi connectivity index (χ3v) is 5.70. The van der Waals surface area contributed by atoms with E-state index in [1.807, 2.05) is 18.2 Å². The Balaban J connectivity index is 1.84. The van der Waals surface area contributed by atoms with Crippen molar-refractivity contribution in [2.75, 3.05) is 11.9 Å². The Hall–Kier alpha value is -2.26. The molecule has 1 aromatic heterocycles. The molecule has 4 heteroatoms. The molecule has 3 nitrogen and oxygen atoms in total. The van der Waals surface area contributed by atoms with Crippen LogP contribution in [0.3, 0.4) is 0 Å². The number of halogens is 1. The van der Waals surface area contributed by atoms with Crippen LogP contribution in [0.25, 0.3) is 5.69 Å². The molecule has 0 fully saturated rings. The van der Waals surface area contributed by atoms with E-state index < -0.39 is 0 Å². The molecule has 0 atom stereocenters. The SMILES string of the molecule is Cc1cccc(-n2nc(Cc3ccccc3Cl)c3c2NCCCC3)c1C. The maximum Gasteiger partial charge on any atom is 0.133 e. The molecule has 1 N–H and O–H groups in total. The summed E-state index contributed by atoms with van der Waals surface area (Å²) in [7, 11) is 0. The average Bonchev–Trinajstić information content (AvgIpc) is 2.81. The molecule has 0 unspecified atom stereocenters. The van der Waals surface area contributed by atoms with Gasteiger partial charge in [-0.1, -0.05) is 41.9 Å².